The van der Waals surface area contributed by atoms with Crippen molar-refractivity contribution in [1.82, 2.24) is 14.8 Å². The van der Waals surface area contributed by atoms with Gasteiger partial charge in [0.15, 0.2) is 0 Å². The number of furan rings is 1. The first-order valence-electron chi connectivity index (χ1n) is 14.0. The highest BCUT2D eigenvalue weighted by Crippen LogP contribution is 2.35. The quantitative estimate of drug-likeness (QED) is 0.417. The predicted octanol–water partition coefficient (Wildman–Crippen LogP) is 4.73. The zero-order valence-corrected chi connectivity index (χ0v) is 24.0. The van der Waals surface area contributed by atoms with E-state index in [9.17, 15) is 19.2 Å². The fraction of sp³-hybridized carbons (Fsp3) is 0.433. The molecule has 1 saturated heterocycles. The first-order valence-corrected chi connectivity index (χ1v) is 14.4. The molecule has 0 atom stereocenters. The number of amides is 4. The Balaban J connectivity index is 1.40. The normalized spacial score (nSPS) is 18.8. The van der Waals surface area contributed by atoms with Crippen molar-refractivity contribution in [3.05, 3.63) is 52.9 Å². The number of nitrogens with zero attached hydrogens (tertiary/aromatic N) is 3. The fourth-order valence-electron chi connectivity index (χ4n) is 5.61. The number of rotatable bonds is 7. The van der Waals surface area contributed by atoms with E-state index in [0.717, 1.165) is 31.5 Å². The lowest BCUT2D eigenvalue weighted by Crippen LogP contribution is -2.35. The largest absolute Gasteiger partial charge is 0.449 e. The molecule has 1 saturated carbocycles. The molecule has 2 aliphatic rings. The van der Waals surface area contributed by atoms with Crippen LogP contribution in [0.25, 0.3) is 11.0 Å². The van der Waals surface area contributed by atoms with Gasteiger partial charge in [-0.3, -0.25) is 19.2 Å². The van der Waals surface area contributed by atoms with Crippen LogP contribution in [0.2, 0.25) is 5.02 Å². The van der Waals surface area contributed by atoms with Gasteiger partial charge in [-0.25, -0.2) is 4.98 Å². The first-order chi connectivity index (χ1) is 19.7. The molecule has 10 nitrogen and oxygen atoms in total. The summed E-state index contributed by atoms with van der Waals surface area (Å²) in [5, 5.41) is 6.62. The minimum atomic E-state index is -0.582. The molecule has 216 valence electrons. The molecular weight excluding hydrogens is 546 g/mol. The van der Waals surface area contributed by atoms with Crippen molar-refractivity contribution >= 4 is 57.7 Å². The van der Waals surface area contributed by atoms with Gasteiger partial charge in [0, 0.05) is 50.6 Å². The Hall–Kier alpha value is -3.92. The molecule has 2 N–H and O–H groups in total. The lowest BCUT2D eigenvalue weighted by atomic mass is 9.81. The third-order valence-corrected chi connectivity index (χ3v) is 8.10. The summed E-state index contributed by atoms with van der Waals surface area (Å²) in [6.07, 6.45) is 6.03. The standard InChI is InChI=1S/C30H34ClN5O5/c1-35(2)30(40)20-8-6-19(7-9-20)28(38)34-26-22-15-18(16-25(37)36-13-3-4-14-36)5-11-23(22)41-27(26)29(39)33-24-12-10-21(31)17-32-24/h5,10-12,15,17,19-20H,3-4,6-9,13-14,16H2,1-2H3,(H,34,38)(H,32,33,39). The Morgan fingerprint density at radius 3 is 2.37 bits per heavy atom. The van der Waals surface area contributed by atoms with E-state index >= 15 is 0 Å². The zero-order chi connectivity index (χ0) is 29.1. The van der Waals surface area contributed by atoms with E-state index in [0.29, 0.717) is 41.7 Å². The molecule has 1 aromatic carbocycles. The topological polar surface area (TPSA) is 125 Å². The lowest BCUT2D eigenvalue weighted by Gasteiger charge is -2.28. The molecule has 0 radical (unpaired) electrons. The van der Waals surface area contributed by atoms with Crippen LogP contribution in [-0.2, 0) is 20.8 Å². The smallest absolute Gasteiger partial charge is 0.294 e. The number of hydrogen-bond donors (Lipinski definition) is 2. The van der Waals surface area contributed by atoms with E-state index in [-0.39, 0.29) is 53.2 Å². The second-order valence-electron chi connectivity index (χ2n) is 11.0. The van der Waals surface area contributed by atoms with E-state index in [1.165, 1.54) is 6.20 Å². The van der Waals surface area contributed by atoms with Gasteiger partial charge in [0.25, 0.3) is 5.91 Å². The molecule has 0 bridgehead atoms. The Bertz CT molecular complexity index is 1450. The summed E-state index contributed by atoms with van der Waals surface area (Å²) in [6.45, 7) is 1.53. The Morgan fingerprint density at radius 1 is 1.00 bits per heavy atom. The number of pyridine rings is 1. The Kier molecular flexibility index (Phi) is 8.58. The summed E-state index contributed by atoms with van der Waals surface area (Å²) in [6, 6.07) is 8.49. The summed E-state index contributed by atoms with van der Waals surface area (Å²) in [4.78, 5) is 59.5. The zero-order valence-electron chi connectivity index (χ0n) is 23.2. The third kappa shape index (κ3) is 6.53. The van der Waals surface area contributed by atoms with Gasteiger partial charge < -0.3 is 24.9 Å². The maximum Gasteiger partial charge on any atom is 0.294 e. The van der Waals surface area contributed by atoms with Gasteiger partial charge in [0.2, 0.25) is 23.5 Å². The number of hydrogen-bond acceptors (Lipinski definition) is 6. The number of likely N-dealkylation sites (tertiary alicyclic amines) is 1. The molecule has 2 aromatic heterocycles. The van der Waals surface area contributed by atoms with E-state index in [1.54, 1.807) is 49.3 Å². The van der Waals surface area contributed by atoms with Gasteiger partial charge in [0.1, 0.15) is 17.1 Å². The SMILES string of the molecule is CN(C)C(=O)C1CCC(C(=O)Nc2c(C(=O)Nc3ccc(Cl)cn3)oc3ccc(CC(=O)N4CCCC4)cc23)CC1. The number of carbonyl (C=O) groups is 4. The van der Waals surface area contributed by atoms with Crippen molar-refractivity contribution in [3.8, 4) is 0 Å². The van der Waals surface area contributed by atoms with Crippen molar-refractivity contribution < 1.29 is 23.6 Å². The number of aromatic nitrogens is 1. The number of nitrogens with one attached hydrogen (secondary N) is 2. The average molecular weight is 580 g/mol. The molecule has 4 amide bonds. The van der Waals surface area contributed by atoms with Crippen LogP contribution in [0, 0.1) is 11.8 Å². The van der Waals surface area contributed by atoms with Crippen molar-refractivity contribution in [2.75, 3.05) is 37.8 Å². The maximum absolute atomic E-state index is 13.5. The van der Waals surface area contributed by atoms with Gasteiger partial charge in [-0.1, -0.05) is 17.7 Å². The molecule has 1 aliphatic heterocycles. The monoisotopic (exact) mass is 579 g/mol. The van der Waals surface area contributed by atoms with Crippen LogP contribution in [0.5, 0.6) is 0 Å². The number of fused-ring (bicyclic) bond motifs is 1. The van der Waals surface area contributed by atoms with Crippen molar-refractivity contribution in [3.63, 3.8) is 0 Å². The van der Waals surface area contributed by atoms with E-state index in [1.807, 2.05) is 4.90 Å². The van der Waals surface area contributed by atoms with Gasteiger partial charge in [-0.2, -0.15) is 0 Å². The van der Waals surface area contributed by atoms with Crippen molar-refractivity contribution in [1.29, 1.82) is 0 Å². The second-order valence-corrected chi connectivity index (χ2v) is 11.4. The molecule has 1 aliphatic carbocycles. The predicted molar refractivity (Wildman–Crippen MR) is 156 cm³/mol. The van der Waals surface area contributed by atoms with Crippen LogP contribution in [0.15, 0.2) is 40.9 Å². The molecule has 2 fully saturated rings. The summed E-state index contributed by atoms with van der Waals surface area (Å²) in [5.74, 6) is -0.876. The van der Waals surface area contributed by atoms with E-state index in [4.69, 9.17) is 16.0 Å². The van der Waals surface area contributed by atoms with Gasteiger partial charge in [-0.05, 0) is 68.4 Å². The van der Waals surface area contributed by atoms with Crippen molar-refractivity contribution in [2.24, 2.45) is 11.8 Å². The third-order valence-electron chi connectivity index (χ3n) is 7.88. The number of anilines is 2. The Morgan fingerprint density at radius 2 is 1.71 bits per heavy atom. The number of carbonyl (C=O) groups excluding carboxylic acids is 4. The molecule has 0 spiro atoms. The highest BCUT2D eigenvalue weighted by molar-refractivity contribution is 6.30. The molecule has 3 heterocycles. The fourth-order valence-corrected chi connectivity index (χ4v) is 5.72. The highest BCUT2D eigenvalue weighted by Gasteiger charge is 2.32. The van der Waals surface area contributed by atoms with Crippen LogP contribution in [-0.4, -0.2) is 65.6 Å². The van der Waals surface area contributed by atoms with Crippen LogP contribution in [0.4, 0.5) is 11.5 Å². The van der Waals surface area contributed by atoms with Crippen LogP contribution >= 0.6 is 11.6 Å². The van der Waals surface area contributed by atoms with E-state index < -0.39 is 5.91 Å². The van der Waals surface area contributed by atoms with Gasteiger partial charge >= 0.3 is 0 Å². The summed E-state index contributed by atoms with van der Waals surface area (Å²) in [7, 11) is 3.48. The summed E-state index contributed by atoms with van der Waals surface area (Å²) < 4.78 is 5.95. The molecule has 3 aromatic rings. The summed E-state index contributed by atoms with van der Waals surface area (Å²) >= 11 is 5.92. The van der Waals surface area contributed by atoms with Crippen LogP contribution in [0.3, 0.4) is 0 Å². The highest BCUT2D eigenvalue weighted by atomic mass is 35.5. The van der Waals surface area contributed by atoms with E-state index in [2.05, 4.69) is 15.6 Å². The average Bonchev–Trinajstić information content (AvgIpc) is 3.63. The molecule has 0 unspecified atom stereocenters. The van der Waals surface area contributed by atoms with Gasteiger partial charge in [-0.15, -0.1) is 0 Å². The maximum atomic E-state index is 13.5. The van der Waals surface area contributed by atoms with Crippen LogP contribution < -0.4 is 10.6 Å². The lowest BCUT2D eigenvalue weighted by molar-refractivity contribution is -0.135. The molecular formula is C30H34ClN5O5. The first kappa shape index (κ1) is 28.6. The molecule has 41 heavy (non-hydrogen) atoms. The number of benzene rings is 1. The van der Waals surface area contributed by atoms with Crippen LogP contribution in [0.1, 0.15) is 54.6 Å². The van der Waals surface area contributed by atoms with Crippen molar-refractivity contribution in [2.45, 2.75) is 44.9 Å². The minimum Gasteiger partial charge on any atom is -0.449 e. The second kappa shape index (κ2) is 12.3. The number of halogens is 1. The summed E-state index contributed by atoms with van der Waals surface area (Å²) in [5.41, 5.74) is 1.42. The molecule has 11 heteroatoms. The minimum absolute atomic E-state index is 0.0479. The Labute approximate surface area is 243 Å². The molecule has 5 rings (SSSR count). The van der Waals surface area contributed by atoms with Gasteiger partial charge in [0.05, 0.1) is 11.4 Å².